The summed E-state index contributed by atoms with van der Waals surface area (Å²) in [5.74, 6) is 0.912. The zero-order chi connectivity index (χ0) is 15.9. The number of benzene rings is 1. The number of ether oxygens (including phenoxy) is 1. The average Bonchev–Trinajstić information content (AvgIpc) is 2.86. The number of rotatable bonds is 8. The molecule has 0 bridgehead atoms. The van der Waals surface area contributed by atoms with E-state index in [9.17, 15) is 9.90 Å². The Kier molecular flexibility index (Phi) is 9.34. The van der Waals surface area contributed by atoms with E-state index in [4.69, 9.17) is 4.74 Å². The minimum Gasteiger partial charge on any atom is -0.665 e. The molecule has 0 spiro atoms. The molecule has 4 nitrogen and oxygen atoms in total. The number of aliphatic hydroxyl groups excluding tert-OH is 1. The van der Waals surface area contributed by atoms with Gasteiger partial charge in [0.15, 0.2) is 0 Å². The molecule has 23 heavy (non-hydrogen) atoms. The van der Waals surface area contributed by atoms with Gasteiger partial charge in [0.1, 0.15) is 0 Å². The van der Waals surface area contributed by atoms with E-state index >= 15 is 0 Å². The second kappa shape index (κ2) is 10.4. The quantitative estimate of drug-likeness (QED) is 0.690. The van der Waals surface area contributed by atoms with Crippen molar-refractivity contribution in [2.75, 3.05) is 0 Å². The van der Waals surface area contributed by atoms with Crippen molar-refractivity contribution in [1.29, 1.82) is 0 Å². The zero-order valence-electron chi connectivity index (χ0n) is 13.9. The third kappa shape index (κ3) is 6.17. The van der Waals surface area contributed by atoms with E-state index in [1.807, 2.05) is 29.2 Å². The van der Waals surface area contributed by atoms with Crippen LogP contribution in [0.25, 0.3) is 0 Å². The molecule has 0 aromatic heterocycles. The maximum absolute atomic E-state index is 12.1. The van der Waals surface area contributed by atoms with Crippen molar-refractivity contribution >= 4 is 5.91 Å². The van der Waals surface area contributed by atoms with Crippen LogP contribution in [0.3, 0.4) is 0 Å². The second-order valence-electron chi connectivity index (χ2n) is 6.03. The largest absolute Gasteiger partial charge is 0.665 e. The van der Waals surface area contributed by atoms with Gasteiger partial charge in [0.05, 0.1) is 11.9 Å². The van der Waals surface area contributed by atoms with E-state index in [0.717, 1.165) is 37.7 Å². The van der Waals surface area contributed by atoms with Gasteiger partial charge in [0.2, 0.25) is 5.91 Å². The number of carbonyl (C=O) groups excluding carboxylic acids is 1. The van der Waals surface area contributed by atoms with Gasteiger partial charge < -0.3 is 14.7 Å². The molecule has 0 aliphatic carbocycles. The van der Waals surface area contributed by atoms with Gasteiger partial charge in [-0.05, 0) is 43.4 Å². The van der Waals surface area contributed by atoms with E-state index < -0.39 is 0 Å². The number of hydrogen-bond donors (Lipinski definition) is 1. The first kappa shape index (κ1) is 20.6. The summed E-state index contributed by atoms with van der Waals surface area (Å²) in [6.45, 7) is 2.68. The smallest absolute Gasteiger partial charge is 0.223 e. The van der Waals surface area contributed by atoms with E-state index in [2.05, 4.69) is 14.0 Å². The van der Waals surface area contributed by atoms with Gasteiger partial charge >= 0.3 is 0 Å². The molecule has 1 aliphatic rings. The molecule has 5 heteroatoms. The fourth-order valence-electron chi connectivity index (χ4n) is 3.10. The maximum Gasteiger partial charge on any atom is 0.223 e. The van der Waals surface area contributed by atoms with Crippen molar-refractivity contribution in [2.24, 2.45) is 0 Å². The SMILES string of the molecule is [CH2-]Oc1cccc(CN2C(=O)CCC2CCC(O)CCC)c1.[Y]. The molecule has 1 heterocycles. The molecule has 1 aliphatic heterocycles. The van der Waals surface area contributed by atoms with Crippen LogP contribution in [0.4, 0.5) is 0 Å². The number of amides is 1. The van der Waals surface area contributed by atoms with E-state index in [0.29, 0.717) is 18.7 Å². The standard InChI is InChI=1S/C18H26NO3.Y/c1-3-5-16(20)10-8-15-9-11-18(21)19(15)13-14-6-4-7-17(12-14)22-2;/h4,6-7,12,15-16,20H,2-3,5,8-11,13H2,1H3;/q-1;. The topological polar surface area (TPSA) is 49.8 Å². The Labute approximate surface area is 164 Å². The van der Waals surface area contributed by atoms with Gasteiger partial charge in [0.25, 0.3) is 0 Å². The zero-order valence-corrected chi connectivity index (χ0v) is 16.7. The molecule has 1 aromatic rings. The van der Waals surface area contributed by atoms with Gasteiger partial charge in [-0.15, -0.1) is 0 Å². The van der Waals surface area contributed by atoms with Crippen LogP contribution in [0, 0.1) is 7.11 Å². The second-order valence-corrected chi connectivity index (χ2v) is 6.03. The summed E-state index contributed by atoms with van der Waals surface area (Å²) < 4.78 is 4.99. The van der Waals surface area contributed by atoms with Crippen LogP contribution in [0.5, 0.6) is 5.75 Å². The summed E-state index contributed by atoms with van der Waals surface area (Å²) in [5.41, 5.74) is 1.05. The number of likely N-dealkylation sites (tertiary alicyclic amines) is 1. The Morgan fingerprint density at radius 1 is 1.43 bits per heavy atom. The number of aliphatic hydroxyl groups is 1. The molecule has 2 rings (SSSR count). The van der Waals surface area contributed by atoms with Crippen LogP contribution in [0.1, 0.15) is 51.0 Å². The summed E-state index contributed by atoms with van der Waals surface area (Å²) >= 11 is 0. The maximum atomic E-state index is 12.1. The monoisotopic (exact) mass is 393 g/mol. The fraction of sp³-hybridized carbons (Fsp3) is 0.556. The Morgan fingerprint density at radius 2 is 2.22 bits per heavy atom. The summed E-state index contributed by atoms with van der Waals surface area (Å²) in [4.78, 5) is 14.1. The van der Waals surface area contributed by atoms with Crippen LogP contribution < -0.4 is 4.74 Å². The number of carbonyl (C=O) groups is 1. The first-order valence-corrected chi connectivity index (χ1v) is 8.12. The average molecular weight is 393 g/mol. The predicted octanol–water partition coefficient (Wildman–Crippen LogP) is 3.29. The van der Waals surface area contributed by atoms with E-state index in [-0.39, 0.29) is 50.8 Å². The number of nitrogens with zero attached hydrogens (tertiary/aromatic N) is 1. The first-order valence-electron chi connectivity index (χ1n) is 8.12. The Bertz CT molecular complexity index is 495. The fourth-order valence-corrected chi connectivity index (χ4v) is 3.10. The van der Waals surface area contributed by atoms with Crippen LogP contribution in [-0.4, -0.2) is 28.1 Å². The molecule has 1 fully saturated rings. The van der Waals surface area contributed by atoms with Crippen molar-refractivity contribution in [2.45, 2.75) is 64.1 Å². The van der Waals surface area contributed by atoms with Crippen LogP contribution in [-0.2, 0) is 44.0 Å². The normalized spacial score (nSPS) is 18.7. The number of hydrogen-bond acceptors (Lipinski definition) is 3. The molecule has 2 atom stereocenters. The third-order valence-corrected chi connectivity index (χ3v) is 4.33. The van der Waals surface area contributed by atoms with Crippen molar-refractivity contribution in [1.82, 2.24) is 4.90 Å². The molecule has 125 valence electrons. The van der Waals surface area contributed by atoms with Gasteiger partial charge in [-0.3, -0.25) is 4.79 Å². The molecule has 1 saturated heterocycles. The van der Waals surface area contributed by atoms with Gasteiger partial charge in [-0.2, -0.15) is 7.11 Å². The van der Waals surface area contributed by atoms with Crippen molar-refractivity contribution in [3.8, 4) is 5.75 Å². The molecule has 2 unspecified atom stereocenters. The Morgan fingerprint density at radius 3 is 2.91 bits per heavy atom. The molecule has 1 N–H and O–H groups in total. The predicted molar refractivity (Wildman–Crippen MR) is 86.1 cm³/mol. The minimum absolute atomic E-state index is 0. The van der Waals surface area contributed by atoms with Gasteiger partial charge in [0, 0.05) is 51.7 Å². The van der Waals surface area contributed by atoms with Gasteiger partial charge in [-0.25, -0.2) is 0 Å². The molecule has 1 aromatic carbocycles. The molecular weight excluding hydrogens is 367 g/mol. The Balaban J connectivity index is 0.00000264. The van der Waals surface area contributed by atoms with E-state index in [1.54, 1.807) is 0 Å². The van der Waals surface area contributed by atoms with Crippen molar-refractivity contribution < 1.29 is 47.3 Å². The molecular formula is C18H26NO3Y-. The van der Waals surface area contributed by atoms with Crippen molar-refractivity contribution in [3.63, 3.8) is 0 Å². The van der Waals surface area contributed by atoms with Crippen LogP contribution in [0.2, 0.25) is 0 Å². The van der Waals surface area contributed by atoms with Crippen LogP contribution >= 0.6 is 0 Å². The molecule has 1 radical (unpaired) electrons. The van der Waals surface area contributed by atoms with Crippen molar-refractivity contribution in [3.05, 3.63) is 36.9 Å². The summed E-state index contributed by atoms with van der Waals surface area (Å²) in [6.07, 6.45) is 4.73. The summed E-state index contributed by atoms with van der Waals surface area (Å²) in [6, 6.07) is 7.92. The third-order valence-electron chi connectivity index (χ3n) is 4.33. The summed E-state index contributed by atoms with van der Waals surface area (Å²) in [5, 5.41) is 9.89. The first-order chi connectivity index (χ1) is 10.6. The summed E-state index contributed by atoms with van der Waals surface area (Å²) in [7, 11) is 3.42. The van der Waals surface area contributed by atoms with E-state index in [1.165, 1.54) is 0 Å². The Hall–Kier alpha value is -0.446. The minimum atomic E-state index is -0.245. The molecule has 0 saturated carbocycles. The molecule has 1 amide bonds. The van der Waals surface area contributed by atoms with Gasteiger partial charge in [-0.1, -0.05) is 25.5 Å². The van der Waals surface area contributed by atoms with Crippen LogP contribution in [0.15, 0.2) is 24.3 Å².